The predicted molar refractivity (Wildman–Crippen MR) is 94.5 cm³/mol. The molecule has 0 aliphatic carbocycles. The number of hydrogen-bond donors (Lipinski definition) is 1. The van der Waals surface area contributed by atoms with E-state index >= 15 is 0 Å². The zero-order valence-corrected chi connectivity index (χ0v) is 13.8. The number of benzene rings is 1. The molecule has 0 radical (unpaired) electrons. The van der Waals surface area contributed by atoms with E-state index in [0.717, 1.165) is 43.4 Å². The van der Waals surface area contributed by atoms with Gasteiger partial charge in [0.1, 0.15) is 11.6 Å². The van der Waals surface area contributed by atoms with Crippen molar-refractivity contribution in [1.82, 2.24) is 9.88 Å². The molecule has 0 unspecified atom stereocenters. The lowest BCUT2D eigenvalue weighted by molar-refractivity contribution is -0.117. The van der Waals surface area contributed by atoms with Crippen molar-refractivity contribution in [3.8, 4) is 5.75 Å². The van der Waals surface area contributed by atoms with Crippen LogP contribution in [-0.4, -0.2) is 55.6 Å². The fourth-order valence-corrected chi connectivity index (χ4v) is 2.78. The molecule has 1 N–H and O–H groups in total. The second-order valence-corrected chi connectivity index (χ2v) is 5.73. The van der Waals surface area contributed by atoms with Crippen LogP contribution in [0.5, 0.6) is 5.75 Å². The number of nitrogens with zero attached hydrogens (tertiary/aromatic N) is 3. The Labute approximate surface area is 142 Å². The summed E-state index contributed by atoms with van der Waals surface area (Å²) in [6.45, 7) is 3.85. The molecule has 0 saturated carbocycles. The fraction of sp³-hybridized carbons (Fsp3) is 0.333. The van der Waals surface area contributed by atoms with Gasteiger partial charge in [0.25, 0.3) is 0 Å². The van der Waals surface area contributed by atoms with Gasteiger partial charge in [-0.3, -0.25) is 9.69 Å². The van der Waals surface area contributed by atoms with Crippen LogP contribution < -0.4 is 15.0 Å². The van der Waals surface area contributed by atoms with Gasteiger partial charge in [-0.05, 0) is 24.3 Å². The minimum Gasteiger partial charge on any atom is -0.497 e. The Hall–Kier alpha value is -2.60. The molecule has 1 amide bonds. The number of pyridine rings is 1. The SMILES string of the molecule is COc1cccc(NC(=O)CN2CCN(c3ccccn3)CC2)c1. The van der Waals surface area contributed by atoms with Crippen molar-refractivity contribution in [3.05, 3.63) is 48.7 Å². The molecule has 1 fully saturated rings. The topological polar surface area (TPSA) is 57.7 Å². The van der Waals surface area contributed by atoms with Gasteiger partial charge in [0.15, 0.2) is 0 Å². The smallest absolute Gasteiger partial charge is 0.238 e. The van der Waals surface area contributed by atoms with Crippen LogP contribution in [0.2, 0.25) is 0 Å². The first-order chi connectivity index (χ1) is 11.7. The Morgan fingerprint density at radius 1 is 1.17 bits per heavy atom. The zero-order chi connectivity index (χ0) is 16.8. The summed E-state index contributed by atoms with van der Waals surface area (Å²) in [5.41, 5.74) is 0.756. The first kappa shape index (κ1) is 16.3. The number of aromatic nitrogens is 1. The van der Waals surface area contributed by atoms with Crippen LogP contribution in [0.25, 0.3) is 0 Å². The lowest BCUT2D eigenvalue weighted by Crippen LogP contribution is -2.48. The van der Waals surface area contributed by atoms with Crippen molar-refractivity contribution < 1.29 is 9.53 Å². The normalized spacial score (nSPS) is 15.1. The van der Waals surface area contributed by atoms with Gasteiger partial charge in [-0.25, -0.2) is 4.98 Å². The molecule has 1 aromatic heterocycles. The standard InChI is InChI=1S/C18H22N4O2/c1-24-16-6-4-5-15(13-16)20-18(23)14-21-9-11-22(12-10-21)17-7-2-3-8-19-17/h2-8,13H,9-12,14H2,1H3,(H,20,23). The van der Waals surface area contributed by atoms with Gasteiger partial charge in [-0.15, -0.1) is 0 Å². The van der Waals surface area contributed by atoms with Crippen molar-refractivity contribution in [2.24, 2.45) is 0 Å². The van der Waals surface area contributed by atoms with Crippen LogP contribution in [0.15, 0.2) is 48.7 Å². The second-order valence-electron chi connectivity index (χ2n) is 5.73. The number of nitrogens with one attached hydrogen (secondary N) is 1. The van der Waals surface area contributed by atoms with Crippen molar-refractivity contribution >= 4 is 17.4 Å². The largest absolute Gasteiger partial charge is 0.497 e. The van der Waals surface area contributed by atoms with Crippen LogP contribution in [-0.2, 0) is 4.79 Å². The maximum absolute atomic E-state index is 12.2. The second kappa shape index (κ2) is 7.79. The fourth-order valence-electron chi connectivity index (χ4n) is 2.78. The summed E-state index contributed by atoms with van der Waals surface area (Å²) in [4.78, 5) is 21.0. The number of methoxy groups -OCH3 is 1. The van der Waals surface area contributed by atoms with E-state index in [2.05, 4.69) is 20.1 Å². The molecule has 1 aliphatic heterocycles. The van der Waals surface area contributed by atoms with E-state index in [1.165, 1.54) is 0 Å². The molecule has 24 heavy (non-hydrogen) atoms. The summed E-state index contributed by atoms with van der Waals surface area (Å²) in [5.74, 6) is 1.73. The van der Waals surface area contributed by atoms with Crippen LogP contribution in [0.4, 0.5) is 11.5 Å². The van der Waals surface area contributed by atoms with E-state index in [-0.39, 0.29) is 5.91 Å². The van der Waals surface area contributed by atoms with E-state index in [1.807, 2.05) is 48.7 Å². The molecule has 6 nitrogen and oxygen atoms in total. The highest BCUT2D eigenvalue weighted by Crippen LogP contribution is 2.17. The minimum atomic E-state index is -0.00506. The summed E-state index contributed by atoms with van der Waals surface area (Å²) in [5, 5.41) is 2.92. The molecule has 3 rings (SSSR count). The molecule has 2 aromatic rings. The van der Waals surface area contributed by atoms with E-state index in [0.29, 0.717) is 6.54 Å². The molecular weight excluding hydrogens is 304 g/mol. The maximum atomic E-state index is 12.2. The monoisotopic (exact) mass is 326 g/mol. The minimum absolute atomic E-state index is 0.00506. The third-order valence-corrected chi connectivity index (χ3v) is 4.07. The Bertz CT molecular complexity index is 670. The van der Waals surface area contributed by atoms with Crippen LogP contribution in [0, 0.1) is 0 Å². The number of anilines is 2. The van der Waals surface area contributed by atoms with Crippen molar-refractivity contribution in [3.63, 3.8) is 0 Å². The van der Waals surface area contributed by atoms with Crippen molar-refractivity contribution in [2.75, 3.05) is 50.1 Å². The Morgan fingerprint density at radius 3 is 2.71 bits per heavy atom. The molecule has 6 heteroatoms. The molecule has 126 valence electrons. The summed E-state index contributed by atoms with van der Waals surface area (Å²) in [7, 11) is 1.61. The highest BCUT2D eigenvalue weighted by atomic mass is 16.5. The first-order valence-electron chi connectivity index (χ1n) is 8.07. The summed E-state index contributed by atoms with van der Waals surface area (Å²) in [6, 6.07) is 13.3. The van der Waals surface area contributed by atoms with Crippen molar-refractivity contribution in [2.45, 2.75) is 0 Å². The van der Waals surface area contributed by atoms with E-state index in [9.17, 15) is 4.79 Å². The maximum Gasteiger partial charge on any atom is 0.238 e. The molecule has 2 heterocycles. The van der Waals surface area contributed by atoms with Crippen LogP contribution in [0.3, 0.4) is 0 Å². The summed E-state index contributed by atoms with van der Waals surface area (Å²) >= 11 is 0. The van der Waals surface area contributed by atoms with Crippen LogP contribution >= 0.6 is 0 Å². The van der Waals surface area contributed by atoms with Gasteiger partial charge in [-0.1, -0.05) is 12.1 Å². The third kappa shape index (κ3) is 4.23. The van der Waals surface area contributed by atoms with Crippen molar-refractivity contribution in [1.29, 1.82) is 0 Å². The average molecular weight is 326 g/mol. The summed E-state index contributed by atoms with van der Waals surface area (Å²) in [6.07, 6.45) is 1.81. The lowest BCUT2D eigenvalue weighted by atomic mass is 10.2. The lowest BCUT2D eigenvalue weighted by Gasteiger charge is -2.34. The van der Waals surface area contributed by atoms with E-state index in [1.54, 1.807) is 7.11 Å². The van der Waals surface area contributed by atoms with Gasteiger partial charge in [-0.2, -0.15) is 0 Å². The van der Waals surface area contributed by atoms with Gasteiger partial charge >= 0.3 is 0 Å². The number of hydrogen-bond acceptors (Lipinski definition) is 5. The molecule has 1 aliphatic rings. The van der Waals surface area contributed by atoms with Gasteiger partial charge in [0.2, 0.25) is 5.91 Å². The predicted octanol–water partition coefficient (Wildman–Crippen LogP) is 1.85. The summed E-state index contributed by atoms with van der Waals surface area (Å²) < 4.78 is 5.17. The highest BCUT2D eigenvalue weighted by Gasteiger charge is 2.19. The Kier molecular flexibility index (Phi) is 5.28. The molecule has 1 saturated heterocycles. The van der Waals surface area contributed by atoms with Gasteiger partial charge in [0.05, 0.1) is 13.7 Å². The first-order valence-corrected chi connectivity index (χ1v) is 8.07. The van der Waals surface area contributed by atoms with E-state index in [4.69, 9.17) is 4.74 Å². The molecule has 0 spiro atoms. The third-order valence-electron chi connectivity index (χ3n) is 4.07. The number of rotatable bonds is 5. The van der Waals surface area contributed by atoms with Gasteiger partial charge in [0, 0.05) is 44.1 Å². The zero-order valence-electron chi connectivity index (χ0n) is 13.8. The molecule has 1 aromatic carbocycles. The van der Waals surface area contributed by atoms with E-state index < -0.39 is 0 Å². The molecule has 0 bridgehead atoms. The Morgan fingerprint density at radius 2 is 2.00 bits per heavy atom. The highest BCUT2D eigenvalue weighted by molar-refractivity contribution is 5.92. The number of piperazine rings is 1. The quantitative estimate of drug-likeness (QED) is 0.909. The molecular formula is C18H22N4O2. The number of carbonyl (C=O) groups excluding carboxylic acids is 1. The number of ether oxygens (including phenoxy) is 1. The molecule has 0 atom stereocenters. The number of amides is 1. The average Bonchev–Trinajstić information content (AvgIpc) is 2.63. The Balaban J connectivity index is 1.48. The van der Waals surface area contributed by atoms with Gasteiger partial charge < -0.3 is 15.0 Å². The number of carbonyl (C=O) groups is 1. The van der Waals surface area contributed by atoms with Crippen LogP contribution in [0.1, 0.15) is 0 Å².